The third kappa shape index (κ3) is 3.36. The summed E-state index contributed by atoms with van der Waals surface area (Å²) in [4.78, 5) is 0. The monoisotopic (exact) mass is 287 g/mol. The average molecular weight is 287 g/mol. The van der Waals surface area contributed by atoms with Crippen LogP contribution < -0.4 is 10.1 Å². The van der Waals surface area contributed by atoms with E-state index in [1.807, 2.05) is 0 Å². The van der Waals surface area contributed by atoms with Crippen LogP contribution in [-0.2, 0) is 6.42 Å². The highest BCUT2D eigenvalue weighted by molar-refractivity contribution is 5.63. The highest BCUT2D eigenvalue weighted by Gasteiger charge is 2.35. The number of anilines is 1. The van der Waals surface area contributed by atoms with Gasteiger partial charge in [-0.2, -0.15) is 0 Å². The van der Waals surface area contributed by atoms with Crippen LogP contribution in [0.25, 0.3) is 0 Å². The van der Waals surface area contributed by atoms with Crippen LogP contribution in [0.3, 0.4) is 0 Å². The van der Waals surface area contributed by atoms with Gasteiger partial charge in [0.2, 0.25) is 0 Å². The fourth-order valence-electron chi connectivity index (χ4n) is 3.52. The zero-order chi connectivity index (χ0) is 14.9. The summed E-state index contributed by atoms with van der Waals surface area (Å²) >= 11 is 0. The van der Waals surface area contributed by atoms with E-state index in [1.165, 1.54) is 49.8 Å². The zero-order valence-corrected chi connectivity index (χ0v) is 13.8. The lowest BCUT2D eigenvalue weighted by molar-refractivity contribution is 0.0661. The molecule has 2 heteroatoms. The fourth-order valence-corrected chi connectivity index (χ4v) is 3.52. The Morgan fingerprint density at radius 3 is 2.62 bits per heavy atom. The van der Waals surface area contributed by atoms with Crippen molar-refractivity contribution >= 4 is 5.69 Å². The van der Waals surface area contributed by atoms with Crippen LogP contribution >= 0.6 is 0 Å². The molecule has 1 aliphatic carbocycles. The molecule has 1 N–H and O–H groups in total. The molecule has 1 aromatic rings. The van der Waals surface area contributed by atoms with Crippen LogP contribution in [0.2, 0.25) is 0 Å². The molecule has 21 heavy (non-hydrogen) atoms. The largest absolute Gasteiger partial charge is 0.491 e. The van der Waals surface area contributed by atoms with E-state index in [4.69, 9.17) is 4.74 Å². The average Bonchev–Trinajstić information content (AvgIpc) is 2.49. The molecule has 1 heterocycles. The van der Waals surface area contributed by atoms with Crippen molar-refractivity contribution in [2.24, 2.45) is 10.8 Å². The van der Waals surface area contributed by atoms with Gasteiger partial charge in [0, 0.05) is 12.0 Å². The number of benzene rings is 1. The smallest absolute Gasteiger partial charge is 0.142 e. The highest BCUT2D eigenvalue weighted by Crippen LogP contribution is 2.45. The maximum absolute atomic E-state index is 6.25. The van der Waals surface area contributed by atoms with E-state index in [1.54, 1.807) is 0 Å². The Balaban J connectivity index is 1.65. The molecular weight excluding hydrogens is 258 g/mol. The van der Waals surface area contributed by atoms with E-state index in [-0.39, 0.29) is 0 Å². The Hall–Kier alpha value is -1.18. The van der Waals surface area contributed by atoms with Gasteiger partial charge < -0.3 is 10.1 Å². The maximum atomic E-state index is 6.25. The molecule has 0 radical (unpaired) electrons. The number of rotatable bonds is 3. The molecule has 116 valence electrons. The number of hydrogen-bond donors (Lipinski definition) is 1. The lowest BCUT2D eigenvalue weighted by Gasteiger charge is -2.41. The summed E-state index contributed by atoms with van der Waals surface area (Å²) in [5, 5.41) is 3.52. The minimum Gasteiger partial charge on any atom is -0.491 e. The van der Waals surface area contributed by atoms with Crippen molar-refractivity contribution in [2.75, 3.05) is 18.5 Å². The molecule has 2 aliphatic rings. The molecule has 1 saturated carbocycles. The predicted molar refractivity (Wildman–Crippen MR) is 89.1 cm³/mol. The summed E-state index contributed by atoms with van der Waals surface area (Å²) in [7, 11) is 0. The second kappa shape index (κ2) is 5.55. The summed E-state index contributed by atoms with van der Waals surface area (Å²) in [5.74, 6) is 1.05. The van der Waals surface area contributed by atoms with Crippen LogP contribution in [-0.4, -0.2) is 13.2 Å². The van der Waals surface area contributed by atoms with Gasteiger partial charge >= 0.3 is 0 Å². The van der Waals surface area contributed by atoms with Crippen molar-refractivity contribution in [3.8, 4) is 5.75 Å². The topological polar surface area (TPSA) is 21.3 Å². The van der Waals surface area contributed by atoms with E-state index < -0.39 is 0 Å². The van der Waals surface area contributed by atoms with Crippen LogP contribution in [0.5, 0.6) is 5.75 Å². The molecule has 0 amide bonds. The Morgan fingerprint density at radius 1 is 1.10 bits per heavy atom. The Labute approximate surface area is 129 Å². The Morgan fingerprint density at radius 2 is 1.86 bits per heavy atom. The fraction of sp³-hybridized carbons (Fsp3) is 0.684. The maximum Gasteiger partial charge on any atom is 0.142 e. The molecule has 3 rings (SSSR count). The molecule has 1 aromatic carbocycles. The van der Waals surface area contributed by atoms with Gasteiger partial charge in [0.1, 0.15) is 5.75 Å². The first-order chi connectivity index (χ1) is 9.98. The summed E-state index contributed by atoms with van der Waals surface area (Å²) in [6.45, 7) is 9.10. The summed E-state index contributed by atoms with van der Waals surface area (Å²) in [5.41, 5.74) is 3.51. The standard InChI is InChI=1S/C19H29NO/c1-18(2)9-11-19(3,12-10-18)14-21-16-8-4-6-15-7-5-13-20-17(15)16/h4,6,8,20H,5,7,9-14H2,1-3H3. The van der Waals surface area contributed by atoms with Gasteiger partial charge in [-0.25, -0.2) is 0 Å². The van der Waals surface area contributed by atoms with Crippen LogP contribution in [0.1, 0.15) is 58.4 Å². The SMILES string of the molecule is CC1(C)CCC(C)(COc2cccc3c2NCCC3)CC1. The molecule has 1 fully saturated rings. The van der Waals surface area contributed by atoms with Crippen molar-refractivity contribution in [3.05, 3.63) is 23.8 Å². The lowest BCUT2D eigenvalue weighted by atomic mass is 9.66. The third-order valence-electron chi connectivity index (χ3n) is 5.42. The minimum atomic E-state index is 0.340. The first-order valence-electron chi connectivity index (χ1n) is 8.46. The predicted octanol–water partition coefficient (Wildman–Crippen LogP) is 5.03. The molecule has 0 saturated heterocycles. The van der Waals surface area contributed by atoms with Gasteiger partial charge in [0.25, 0.3) is 0 Å². The molecule has 0 unspecified atom stereocenters. The van der Waals surface area contributed by atoms with Gasteiger partial charge in [-0.05, 0) is 55.6 Å². The van der Waals surface area contributed by atoms with Crippen molar-refractivity contribution < 1.29 is 4.74 Å². The first kappa shape index (κ1) is 14.7. The summed E-state index contributed by atoms with van der Waals surface area (Å²) in [6, 6.07) is 6.47. The Bertz CT molecular complexity index is 496. The molecule has 0 spiro atoms. The molecule has 0 atom stereocenters. The number of nitrogens with one attached hydrogen (secondary N) is 1. The number of hydrogen-bond acceptors (Lipinski definition) is 2. The van der Waals surface area contributed by atoms with Gasteiger partial charge in [0.05, 0.1) is 12.3 Å². The van der Waals surface area contributed by atoms with Gasteiger partial charge in [-0.3, -0.25) is 0 Å². The highest BCUT2D eigenvalue weighted by atomic mass is 16.5. The quantitative estimate of drug-likeness (QED) is 0.842. The lowest BCUT2D eigenvalue weighted by Crippen LogP contribution is -2.33. The van der Waals surface area contributed by atoms with Gasteiger partial charge in [0.15, 0.2) is 0 Å². The molecule has 0 aromatic heterocycles. The van der Waals surface area contributed by atoms with Crippen LogP contribution in [0, 0.1) is 10.8 Å². The van der Waals surface area contributed by atoms with Crippen LogP contribution in [0.4, 0.5) is 5.69 Å². The zero-order valence-electron chi connectivity index (χ0n) is 13.8. The normalized spacial score (nSPS) is 23.0. The van der Waals surface area contributed by atoms with Gasteiger partial charge in [-0.15, -0.1) is 0 Å². The molecule has 1 aliphatic heterocycles. The summed E-state index contributed by atoms with van der Waals surface area (Å²) in [6.07, 6.45) is 7.59. The second-order valence-electron chi connectivity index (χ2n) is 8.08. The van der Waals surface area contributed by atoms with E-state index in [0.29, 0.717) is 10.8 Å². The third-order valence-corrected chi connectivity index (χ3v) is 5.42. The molecular formula is C19H29NO. The van der Waals surface area contributed by atoms with Gasteiger partial charge in [-0.1, -0.05) is 32.9 Å². The number of fused-ring (bicyclic) bond motifs is 1. The molecule has 2 nitrogen and oxygen atoms in total. The van der Waals surface area contributed by atoms with E-state index >= 15 is 0 Å². The number of ether oxygens (including phenoxy) is 1. The van der Waals surface area contributed by atoms with E-state index in [0.717, 1.165) is 18.9 Å². The molecule has 0 bridgehead atoms. The number of aryl methyl sites for hydroxylation is 1. The summed E-state index contributed by atoms with van der Waals surface area (Å²) < 4.78 is 6.25. The number of para-hydroxylation sites is 1. The van der Waals surface area contributed by atoms with E-state index in [9.17, 15) is 0 Å². The second-order valence-corrected chi connectivity index (χ2v) is 8.08. The van der Waals surface area contributed by atoms with Crippen molar-refractivity contribution in [2.45, 2.75) is 59.3 Å². The minimum absolute atomic E-state index is 0.340. The van der Waals surface area contributed by atoms with Crippen molar-refractivity contribution in [1.29, 1.82) is 0 Å². The Kier molecular flexibility index (Phi) is 3.90. The van der Waals surface area contributed by atoms with Crippen molar-refractivity contribution in [1.82, 2.24) is 0 Å². The first-order valence-corrected chi connectivity index (χ1v) is 8.46. The van der Waals surface area contributed by atoms with Crippen LogP contribution in [0.15, 0.2) is 18.2 Å². The van der Waals surface area contributed by atoms with E-state index in [2.05, 4.69) is 44.3 Å². The van der Waals surface area contributed by atoms with Crippen molar-refractivity contribution in [3.63, 3.8) is 0 Å².